The van der Waals surface area contributed by atoms with E-state index in [2.05, 4.69) is 40.1 Å². The lowest BCUT2D eigenvalue weighted by atomic mass is 9.94. The number of hydrogen-bond donors (Lipinski definition) is 2. The average Bonchev–Trinajstić information content (AvgIpc) is 3.36. The van der Waals surface area contributed by atoms with Crippen molar-refractivity contribution >= 4 is 35.1 Å². The summed E-state index contributed by atoms with van der Waals surface area (Å²) in [5, 5.41) is 19.3. The maximum absolute atomic E-state index is 12.3. The molecule has 2 heterocycles. The number of hydrogen-bond acceptors (Lipinski definition) is 8. The Morgan fingerprint density at radius 3 is 2.97 bits per heavy atom. The number of rotatable bonds is 8. The highest BCUT2D eigenvalue weighted by molar-refractivity contribution is 7.16. The Bertz CT molecular complexity index is 1170. The minimum Gasteiger partial charge on any atom is -0.446 e. The smallest absolute Gasteiger partial charge is 0.407 e. The molecule has 0 saturated heterocycles. The molecule has 33 heavy (non-hydrogen) atoms. The number of alkyl carbamates (subject to hydrolysis) is 1. The van der Waals surface area contributed by atoms with Gasteiger partial charge in [0.2, 0.25) is 5.91 Å². The molecule has 3 rings (SSSR count). The summed E-state index contributed by atoms with van der Waals surface area (Å²) < 4.78 is 10.4. The van der Waals surface area contributed by atoms with E-state index in [0.29, 0.717) is 41.1 Å². The summed E-state index contributed by atoms with van der Waals surface area (Å²) in [4.78, 5) is 29.1. The number of fused-ring (bicyclic) bond motifs is 1. The first-order valence-electron chi connectivity index (χ1n) is 10.1. The van der Waals surface area contributed by atoms with Crippen LogP contribution in [0.4, 0.5) is 9.80 Å². The lowest BCUT2D eigenvalue weighted by Crippen LogP contribution is -2.31. The Hall–Kier alpha value is -3.97. The first-order valence-corrected chi connectivity index (χ1v) is 10.9. The number of carbonyl (C=O) groups is 2. The van der Waals surface area contributed by atoms with E-state index in [1.54, 1.807) is 19.1 Å². The lowest BCUT2D eigenvalue weighted by molar-refractivity contribution is -0.111. The molecule has 0 saturated carbocycles. The van der Waals surface area contributed by atoms with Crippen molar-refractivity contribution in [2.24, 2.45) is 4.99 Å². The molecule has 2 aromatic heterocycles. The fourth-order valence-electron chi connectivity index (χ4n) is 3.30. The number of aromatic nitrogens is 1. The van der Waals surface area contributed by atoms with Gasteiger partial charge in [-0.25, -0.2) is 4.79 Å². The number of thiophene rings is 1. The van der Waals surface area contributed by atoms with Crippen LogP contribution in [0.25, 0.3) is 0 Å². The number of nitrogens with one attached hydrogen (secondary N) is 2. The number of aliphatic imine (C=N–C) groups is 1. The molecule has 9 nitrogen and oxygen atoms in total. The standard InChI is InChI=1S/C23H23N5O4S/c1-4-15(11-25-3)5-8-21(29)27-22-19(10-24)18-7-6-17(9-20(18)33-22)32-23(30)26-12-16-13-31-28-14(16)2/h4-5,8,11,13,17H,1,3,6-7,9,12H2,2H3,(H,26,30)(H,27,29)/b8-5+,15-11+. The molecule has 0 aliphatic heterocycles. The summed E-state index contributed by atoms with van der Waals surface area (Å²) in [7, 11) is 0. The normalized spacial score (nSPS) is 15.4. The number of amides is 2. The van der Waals surface area contributed by atoms with Gasteiger partial charge in [-0.1, -0.05) is 17.8 Å². The van der Waals surface area contributed by atoms with Crippen molar-refractivity contribution in [2.75, 3.05) is 5.32 Å². The molecule has 1 aliphatic rings. The number of anilines is 1. The van der Waals surface area contributed by atoms with E-state index < -0.39 is 6.09 Å². The van der Waals surface area contributed by atoms with Crippen LogP contribution in [0.2, 0.25) is 0 Å². The first kappa shape index (κ1) is 23.7. The van der Waals surface area contributed by atoms with Gasteiger partial charge < -0.3 is 19.9 Å². The van der Waals surface area contributed by atoms with Crippen LogP contribution in [0, 0.1) is 18.3 Å². The first-order chi connectivity index (χ1) is 15.9. The zero-order chi connectivity index (χ0) is 23.8. The number of nitrogens with zero attached hydrogens (tertiary/aromatic N) is 3. The zero-order valence-corrected chi connectivity index (χ0v) is 18.9. The third-order valence-electron chi connectivity index (χ3n) is 5.02. The van der Waals surface area contributed by atoms with Crippen molar-refractivity contribution < 1.29 is 18.8 Å². The number of nitriles is 1. The van der Waals surface area contributed by atoms with E-state index >= 15 is 0 Å². The third kappa shape index (κ3) is 6.05. The third-order valence-corrected chi connectivity index (χ3v) is 6.19. The lowest BCUT2D eigenvalue weighted by Gasteiger charge is -2.22. The largest absolute Gasteiger partial charge is 0.446 e. The maximum atomic E-state index is 12.3. The molecule has 0 radical (unpaired) electrons. The van der Waals surface area contributed by atoms with Gasteiger partial charge in [0.1, 0.15) is 23.4 Å². The highest BCUT2D eigenvalue weighted by atomic mass is 32.1. The molecule has 170 valence electrons. The summed E-state index contributed by atoms with van der Waals surface area (Å²) in [5.41, 5.74) is 3.46. The minimum absolute atomic E-state index is 0.263. The van der Waals surface area contributed by atoms with Gasteiger partial charge in [0.05, 0.1) is 17.8 Å². The summed E-state index contributed by atoms with van der Waals surface area (Å²) in [6, 6.07) is 2.19. The van der Waals surface area contributed by atoms with E-state index in [0.717, 1.165) is 16.0 Å². The summed E-state index contributed by atoms with van der Waals surface area (Å²) in [6.45, 7) is 9.06. The Balaban J connectivity index is 1.61. The SMILES string of the molecule is C=CC(/C=C/C(=O)Nc1sc2c(c1C#N)CCC(OC(=O)NCc1conc1C)C2)=C\N=C. The molecule has 0 spiro atoms. The molecule has 0 bridgehead atoms. The average molecular weight is 466 g/mol. The molecule has 2 amide bonds. The van der Waals surface area contributed by atoms with Crippen molar-refractivity contribution in [3.63, 3.8) is 0 Å². The van der Waals surface area contributed by atoms with Crippen molar-refractivity contribution in [3.05, 3.63) is 70.1 Å². The van der Waals surface area contributed by atoms with Gasteiger partial charge in [-0.15, -0.1) is 11.3 Å². The van der Waals surface area contributed by atoms with Crippen LogP contribution in [-0.2, 0) is 28.9 Å². The molecule has 2 aromatic rings. The van der Waals surface area contributed by atoms with E-state index in [9.17, 15) is 14.9 Å². The molecule has 1 atom stereocenters. The molecule has 1 unspecified atom stereocenters. The van der Waals surface area contributed by atoms with E-state index in [4.69, 9.17) is 9.26 Å². The van der Waals surface area contributed by atoms with Crippen LogP contribution in [-0.4, -0.2) is 30.0 Å². The summed E-state index contributed by atoms with van der Waals surface area (Å²) >= 11 is 1.33. The Labute approximate surface area is 195 Å². The van der Waals surface area contributed by atoms with E-state index in [1.807, 2.05) is 0 Å². The zero-order valence-electron chi connectivity index (χ0n) is 18.1. The summed E-state index contributed by atoms with van der Waals surface area (Å²) in [6.07, 6.45) is 8.21. The number of ether oxygens (including phenoxy) is 1. The van der Waals surface area contributed by atoms with Gasteiger partial charge in [0.25, 0.3) is 0 Å². The van der Waals surface area contributed by atoms with Crippen molar-refractivity contribution in [3.8, 4) is 6.07 Å². The highest BCUT2D eigenvalue weighted by Crippen LogP contribution is 2.38. The molecular formula is C23H23N5O4S. The van der Waals surface area contributed by atoms with Gasteiger partial charge in [-0.2, -0.15) is 5.26 Å². The van der Waals surface area contributed by atoms with Crippen LogP contribution in [0.1, 0.15) is 33.7 Å². The minimum atomic E-state index is -0.528. The second-order valence-corrected chi connectivity index (χ2v) is 8.31. The van der Waals surface area contributed by atoms with Gasteiger partial charge in [-0.3, -0.25) is 9.79 Å². The summed E-state index contributed by atoms with van der Waals surface area (Å²) in [5.74, 6) is -0.377. The number of carbonyl (C=O) groups excluding carboxylic acids is 2. The predicted molar refractivity (Wildman–Crippen MR) is 125 cm³/mol. The topological polar surface area (TPSA) is 130 Å². The number of aryl methyl sites for hydroxylation is 1. The molecule has 10 heteroatoms. The fraction of sp³-hybridized carbons (Fsp3) is 0.261. The fourth-order valence-corrected chi connectivity index (χ4v) is 4.57. The quantitative estimate of drug-likeness (QED) is 0.345. The van der Waals surface area contributed by atoms with Gasteiger partial charge in [0, 0.05) is 29.1 Å². The Morgan fingerprint density at radius 1 is 1.48 bits per heavy atom. The van der Waals surface area contributed by atoms with Crippen molar-refractivity contribution in [2.45, 2.75) is 38.8 Å². The van der Waals surface area contributed by atoms with Crippen molar-refractivity contribution in [1.29, 1.82) is 5.26 Å². The highest BCUT2D eigenvalue weighted by Gasteiger charge is 2.28. The molecule has 0 aromatic carbocycles. The van der Waals surface area contributed by atoms with E-state index in [-0.39, 0.29) is 18.6 Å². The second kappa shape index (κ2) is 11.1. The number of allylic oxidation sites excluding steroid dienone is 3. The monoisotopic (exact) mass is 465 g/mol. The molecule has 0 fully saturated rings. The van der Waals surface area contributed by atoms with Crippen LogP contribution in [0.5, 0.6) is 0 Å². The Kier molecular flexibility index (Phi) is 7.94. The molecular weight excluding hydrogens is 442 g/mol. The van der Waals surface area contributed by atoms with Gasteiger partial charge >= 0.3 is 6.09 Å². The molecule has 1 aliphatic carbocycles. The van der Waals surface area contributed by atoms with Crippen LogP contribution in [0.3, 0.4) is 0 Å². The van der Waals surface area contributed by atoms with Crippen LogP contribution >= 0.6 is 11.3 Å². The second-order valence-electron chi connectivity index (χ2n) is 7.21. The van der Waals surface area contributed by atoms with Gasteiger partial charge in [0.15, 0.2) is 0 Å². The Morgan fingerprint density at radius 2 is 2.30 bits per heavy atom. The predicted octanol–water partition coefficient (Wildman–Crippen LogP) is 3.97. The maximum Gasteiger partial charge on any atom is 0.407 e. The van der Waals surface area contributed by atoms with Crippen LogP contribution in [0.15, 0.2) is 52.4 Å². The van der Waals surface area contributed by atoms with Crippen LogP contribution < -0.4 is 10.6 Å². The molecule has 2 N–H and O–H groups in total. The van der Waals surface area contributed by atoms with E-state index in [1.165, 1.54) is 29.9 Å². The van der Waals surface area contributed by atoms with Crippen molar-refractivity contribution in [1.82, 2.24) is 10.5 Å². The van der Waals surface area contributed by atoms with Gasteiger partial charge in [-0.05, 0) is 43.7 Å².